The SMILES string of the molecule is CCCCCC/C=C\C=C/CCCCCCCC(=O)O[C@H](COC(=O)CCCCCCCCCCCCCCCCCCC(C)C)COP(=O)(O)OC[C@@H](O)COP(=O)(O)OC[C@@H](COC(=O)CCCCCCCCC(C)C)OC(=O)CCCCCCC/C=C\C=C/CCCCCC. The zero-order valence-electron chi connectivity index (χ0n) is 63.1. The van der Waals surface area contributed by atoms with Gasteiger partial charge in [0.1, 0.15) is 19.3 Å². The lowest BCUT2D eigenvalue weighted by atomic mass is 10.0. The molecule has 0 fully saturated rings. The number of aliphatic hydroxyl groups is 1. The second-order valence-corrected chi connectivity index (χ2v) is 30.9. The molecule has 0 aliphatic carbocycles. The second-order valence-electron chi connectivity index (χ2n) is 28.0. The summed E-state index contributed by atoms with van der Waals surface area (Å²) in [6.45, 7) is 9.42. The maximum Gasteiger partial charge on any atom is 0.472 e. The Kier molecular flexibility index (Phi) is 67.6. The molecule has 0 spiro atoms. The predicted molar refractivity (Wildman–Crippen MR) is 400 cm³/mol. The molecule has 3 N–H and O–H groups in total. The third-order valence-electron chi connectivity index (χ3n) is 17.2. The van der Waals surface area contributed by atoms with Gasteiger partial charge >= 0.3 is 39.5 Å². The summed E-state index contributed by atoms with van der Waals surface area (Å²) in [5.74, 6) is -0.692. The predicted octanol–water partition coefficient (Wildman–Crippen LogP) is 22.6. The molecule has 0 saturated heterocycles. The number of carbonyl (C=O) groups is 4. The number of carbonyl (C=O) groups excluding carboxylic acids is 4. The summed E-state index contributed by atoms with van der Waals surface area (Å²) in [6, 6.07) is 0. The van der Waals surface area contributed by atoms with Crippen LogP contribution in [-0.2, 0) is 65.4 Å². The Bertz CT molecular complexity index is 2080. The van der Waals surface area contributed by atoms with Crippen molar-refractivity contribution in [1.29, 1.82) is 0 Å². The van der Waals surface area contributed by atoms with Gasteiger partial charge in [0.2, 0.25) is 0 Å². The van der Waals surface area contributed by atoms with Gasteiger partial charge in [-0.25, -0.2) is 9.13 Å². The van der Waals surface area contributed by atoms with E-state index in [0.29, 0.717) is 31.6 Å². The summed E-state index contributed by atoms with van der Waals surface area (Å²) >= 11 is 0. The van der Waals surface area contributed by atoms with Crippen LogP contribution in [0.5, 0.6) is 0 Å². The average molecular weight is 1430 g/mol. The van der Waals surface area contributed by atoms with Crippen LogP contribution in [0.2, 0.25) is 0 Å². The van der Waals surface area contributed by atoms with Crippen LogP contribution < -0.4 is 0 Å². The van der Waals surface area contributed by atoms with Crippen LogP contribution in [0.1, 0.15) is 363 Å². The van der Waals surface area contributed by atoms with Crippen LogP contribution in [0.3, 0.4) is 0 Å². The highest BCUT2D eigenvalue weighted by atomic mass is 31.2. The van der Waals surface area contributed by atoms with Crippen molar-refractivity contribution in [3.63, 3.8) is 0 Å². The van der Waals surface area contributed by atoms with Crippen molar-refractivity contribution in [3.05, 3.63) is 48.6 Å². The van der Waals surface area contributed by atoms with Gasteiger partial charge < -0.3 is 33.8 Å². The van der Waals surface area contributed by atoms with Crippen molar-refractivity contribution in [3.8, 4) is 0 Å². The molecule has 19 heteroatoms. The molecule has 0 aromatic carbocycles. The average Bonchev–Trinajstić information content (AvgIpc) is 1.28. The van der Waals surface area contributed by atoms with Gasteiger partial charge in [-0.05, 0) is 88.9 Å². The van der Waals surface area contributed by atoms with Gasteiger partial charge in [-0.1, -0.05) is 308 Å². The topological polar surface area (TPSA) is 237 Å². The Morgan fingerprint density at radius 1 is 0.316 bits per heavy atom. The first-order valence-corrected chi connectivity index (χ1v) is 42.6. The highest BCUT2D eigenvalue weighted by molar-refractivity contribution is 7.47. The molecule has 0 aromatic heterocycles. The molecule has 0 rings (SSSR count). The summed E-state index contributed by atoms with van der Waals surface area (Å²) in [6.07, 6.45) is 64.2. The number of allylic oxidation sites excluding steroid dienone is 8. The lowest BCUT2D eigenvalue weighted by Crippen LogP contribution is -2.30. The molecule has 2 unspecified atom stereocenters. The second kappa shape index (κ2) is 69.7. The summed E-state index contributed by atoms with van der Waals surface area (Å²) in [4.78, 5) is 72.8. The first-order valence-electron chi connectivity index (χ1n) is 39.6. The highest BCUT2D eigenvalue weighted by Gasteiger charge is 2.30. The summed E-state index contributed by atoms with van der Waals surface area (Å²) in [7, 11) is -9.94. The van der Waals surface area contributed by atoms with Crippen LogP contribution in [0, 0.1) is 11.8 Å². The van der Waals surface area contributed by atoms with E-state index >= 15 is 0 Å². The van der Waals surface area contributed by atoms with Crippen molar-refractivity contribution < 1.29 is 80.2 Å². The van der Waals surface area contributed by atoms with E-state index in [0.717, 1.165) is 128 Å². The van der Waals surface area contributed by atoms with Crippen LogP contribution in [-0.4, -0.2) is 96.7 Å². The molecule has 574 valence electrons. The van der Waals surface area contributed by atoms with Gasteiger partial charge in [0.15, 0.2) is 12.2 Å². The fourth-order valence-corrected chi connectivity index (χ4v) is 12.7. The number of unbranched alkanes of at least 4 members (excludes halogenated alkanes) is 38. The molecule has 5 atom stereocenters. The van der Waals surface area contributed by atoms with Gasteiger partial charge in [-0.2, -0.15) is 0 Å². The standard InChI is InChI=1S/C79H146O17P2/c1-7-9-11-13-15-17-19-21-25-31-35-39-43-51-57-63-78(83)95-74(67-89-76(81)61-55-49-42-38-34-30-28-24-23-27-29-33-37-41-47-53-59-71(3)4)69-93-97(85,86)91-65-73(80)66-92-98(87,88)94-70-75(68-90-77(82)62-56-50-46-45-48-54-60-72(5)6)96-79(84)64-58-52-44-40-36-32-26-22-20-18-16-14-12-10-8-2/h17-22,25-26,71-75,80H,7-16,23-24,27-70H2,1-6H3,(H,85,86)(H,87,88)/b19-17-,20-18-,25-21-,26-22-/t73-,74-,75-/m1/s1. The Hall–Kier alpha value is -2.98. The molecule has 0 aromatic rings. The van der Waals surface area contributed by atoms with Crippen LogP contribution in [0.4, 0.5) is 0 Å². The smallest absolute Gasteiger partial charge is 0.462 e. The van der Waals surface area contributed by atoms with Gasteiger partial charge in [-0.15, -0.1) is 0 Å². The third kappa shape index (κ3) is 71.4. The molecule has 17 nitrogen and oxygen atoms in total. The Labute approximate surface area is 597 Å². The van der Waals surface area contributed by atoms with E-state index in [1.807, 2.05) is 0 Å². The fraction of sp³-hybridized carbons (Fsp3) is 0.848. The van der Waals surface area contributed by atoms with Crippen molar-refractivity contribution in [2.75, 3.05) is 39.6 Å². The molecular formula is C79H146O17P2. The highest BCUT2D eigenvalue weighted by Crippen LogP contribution is 2.45. The normalized spacial score (nSPS) is 14.3. The fourth-order valence-electron chi connectivity index (χ4n) is 11.1. The van der Waals surface area contributed by atoms with Crippen molar-refractivity contribution in [2.45, 2.75) is 381 Å². The van der Waals surface area contributed by atoms with Gasteiger partial charge in [0.25, 0.3) is 0 Å². The third-order valence-corrected chi connectivity index (χ3v) is 19.1. The number of phosphoric acid groups is 2. The first kappa shape index (κ1) is 95.0. The number of hydrogen-bond donors (Lipinski definition) is 3. The number of ether oxygens (including phenoxy) is 4. The maximum atomic E-state index is 13.1. The zero-order chi connectivity index (χ0) is 72.1. The minimum absolute atomic E-state index is 0.0814. The Morgan fingerprint density at radius 2 is 0.551 bits per heavy atom. The monoisotopic (exact) mass is 1430 g/mol. The Balaban J connectivity index is 5.28. The lowest BCUT2D eigenvalue weighted by molar-refractivity contribution is -0.161. The van der Waals surface area contributed by atoms with Crippen LogP contribution in [0.15, 0.2) is 48.6 Å². The zero-order valence-corrected chi connectivity index (χ0v) is 64.8. The van der Waals surface area contributed by atoms with Crippen molar-refractivity contribution >= 4 is 39.5 Å². The Morgan fingerprint density at radius 3 is 0.827 bits per heavy atom. The molecule has 0 aliphatic heterocycles. The van der Waals surface area contributed by atoms with Crippen molar-refractivity contribution in [2.24, 2.45) is 11.8 Å². The summed E-state index contributed by atoms with van der Waals surface area (Å²) in [5, 5.41) is 10.6. The van der Waals surface area contributed by atoms with E-state index in [2.05, 4.69) is 90.2 Å². The lowest BCUT2D eigenvalue weighted by Gasteiger charge is -2.21. The summed E-state index contributed by atoms with van der Waals surface area (Å²) < 4.78 is 68.5. The summed E-state index contributed by atoms with van der Waals surface area (Å²) in [5.41, 5.74) is 0. The van der Waals surface area contributed by atoms with Crippen molar-refractivity contribution in [1.82, 2.24) is 0 Å². The largest absolute Gasteiger partial charge is 0.472 e. The van der Waals surface area contributed by atoms with E-state index in [1.165, 1.54) is 148 Å². The van der Waals surface area contributed by atoms with Gasteiger partial charge in [0.05, 0.1) is 26.4 Å². The minimum Gasteiger partial charge on any atom is -0.462 e. The number of rotatable bonds is 74. The van der Waals surface area contributed by atoms with Gasteiger partial charge in [0, 0.05) is 25.7 Å². The van der Waals surface area contributed by atoms with E-state index in [-0.39, 0.29) is 25.7 Å². The van der Waals surface area contributed by atoms with Crippen LogP contribution >= 0.6 is 15.6 Å². The number of aliphatic hydroxyl groups excluding tert-OH is 1. The van der Waals surface area contributed by atoms with E-state index in [4.69, 9.17) is 37.0 Å². The van der Waals surface area contributed by atoms with E-state index in [9.17, 15) is 43.2 Å². The minimum atomic E-state index is -4.97. The molecule has 0 aliphatic rings. The maximum absolute atomic E-state index is 13.1. The molecule has 0 amide bonds. The molecule has 0 heterocycles. The number of hydrogen-bond acceptors (Lipinski definition) is 15. The van der Waals surface area contributed by atoms with Crippen LogP contribution in [0.25, 0.3) is 0 Å². The molecule has 0 bridgehead atoms. The van der Waals surface area contributed by atoms with E-state index < -0.39 is 97.5 Å². The number of phosphoric ester groups is 2. The molecule has 0 radical (unpaired) electrons. The molecular weight excluding hydrogens is 1280 g/mol. The first-order chi connectivity index (χ1) is 47.4. The van der Waals surface area contributed by atoms with Gasteiger partial charge in [-0.3, -0.25) is 37.3 Å². The molecule has 98 heavy (non-hydrogen) atoms. The number of esters is 4. The molecule has 0 saturated carbocycles. The quantitative estimate of drug-likeness (QED) is 0.0169. The van der Waals surface area contributed by atoms with E-state index in [1.54, 1.807) is 0 Å².